The van der Waals surface area contributed by atoms with Gasteiger partial charge in [-0.15, -0.1) is 0 Å². The normalized spacial score (nSPS) is 10.1. The fourth-order valence-corrected chi connectivity index (χ4v) is 1.72. The van der Waals surface area contributed by atoms with E-state index in [4.69, 9.17) is 11.0 Å². The van der Waals surface area contributed by atoms with Crippen molar-refractivity contribution >= 4 is 17.1 Å². The van der Waals surface area contributed by atoms with Crippen molar-refractivity contribution in [1.82, 2.24) is 0 Å². The zero-order valence-corrected chi connectivity index (χ0v) is 10.3. The predicted molar refractivity (Wildman–Crippen MR) is 69.8 cm³/mol. The van der Waals surface area contributed by atoms with E-state index >= 15 is 0 Å². The smallest absolute Gasteiger partial charge is 0.182 e. The molecular formula is C14H10F3N3. The fraction of sp³-hybridized carbons (Fsp3) is 0.0714. The second kappa shape index (κ2) is 5.53. The van der Waals surface area contributed by atoms with Gasteiger partial charge in [0.2, 0.25) is 0 Å². The monoisotopic (exact) mass is 277 g/mol. The molecule has 0 aliphatic rings. The standard InChI is InChI=1S/C14H10F3N3/c15-9-6-11(16)14(17)13(7-9)20-10-1-2-12(19)8(5-10)3-4-18/h1-2,5-7,20H,3,19H2. The summed E-state index contributed by atoms with van der Waals surface area (Å²) in [5.41, 5.74) is 6.70. The number of nitriles is 1. The molecule has 0 unspecified atom stereocenters. The van der Waals surface area contributed by atoms with Crippen LogP contribution in [-0.2, 0) is 6.42 Å². The molecule has 2 aromatic carbocycles. The first-order valence-corrected chi connectivity index (χ1v) is 5.68. The quantitative estimate of drug-likeness (QED) is 0.666. The summed E-state index contributed by atoms with van der Waals surface area (Å²) in [6.45, 7) is 0. The number of rotatable bonds is 3. The van der Waals surface area contributed by atoms with Gasteiger partial charge in [-0.1, -0.05) is 0 Å². The summed E-state index contributed by atoms with van der Waals surface area (Å²) in [5.74, 6) is -3.34. The molecule has 0 saturated heterocycles. The van der Waals surface area contributed by atoms with Crippen molar-refractivity contribution in [2.75, 3.05) is 11.1 Å². The third-order valence-corrected chi connectivity index (χ3v) is 2.68. The number of nitrogens with zero attached hydrogens (tertiary/aromatic N) is 1. The van der Waals surface area contributed by atoms with Crippen molar-refractivity contribution in [2.24, 2.45) is 0 Å². The second-order valence-corrected chi connectivity index (χ2v) is 4.12. The van der Waals surface area contributed by atoms with Gasteiger partial charge in [-0.05, 0) is 23.8 Å². The van der Waals surface area contributed by atoms with E-state index in [2.05, 4.69) is 5.32 Å². The van der Waals surface area contributed by atoms with Gasteiger partial charge in [0, 0.05) is 23.5 Å². The molecule has 3 N–H and O–H groups in total. The lowest BCUT2D eigenvalue weighted by molar-refractivity contribution is 0.498. The molecule has 0 aliphatic heterocycles. The third kappa shape index (κ3) is 2.83. The highest BCUT2D eigenvalue weighted by Crippen LogP contribution is 2.25. The van der Waals surface area contributed by atoms with Gasteiger partial charge in [0.05, 0.1) is 18.2 Å². The van der Waals surface area contributed by atoms with Crippen LogP contribution in [0.4, 0.5) is 30.2 Å². The molecule has 0 amide bonds. The van der Waals surface area contributed by atoms with Gasteiger partial charge in [0.1, 0.15) is 5.82 Å². The first-order chi connectivity index (χ1) is 9.51. The van der Waals surface area contributed by atoms with E-state index in [1.54, 1.807) is 0 Å². The molecule has 0 aromatic heterocycles. The summed E-state index contributed by atoms with van der Waals surface area (Å²) >= 11 is 0. The first-order valence-electron chi connectivity index (χ1n) is 5.68. The molecule has 0 saturated carbocycles. The maximum atomic E-state index is 13.5. The van der Waals surface area contributed by atoms with E-state index in [1.165, 1.54) is 18.2 Å². The Morgan fingerprint density at radius 1 is 1.15 bits per heavy atom. The molecule has 0 heterocycles. The SMILES string of the molecule is N#CCc1cc(Nc2cc(F)cc(F)c2F)ccc1N. The molecule has 0 atom stereocenters. The van der Waals surface area contributed by atoms with E-state index < -0.39 is 17.5 Å². The summed E-state index contributed by atoms with van der Waals surface area (Å²) in [6.07, 6.45) is 0.0847. The minimum Gasteiger partial charge on any atom is -0.398 e. The average molecular weight is 277 g/mol. The Hall–Kier alpha value is -2.68. The summed E-state index contributed by atoms with van der Waals surface area (Å²) in [5, 5.41) is 11.2. The second-order valence-electron chi connectivity index (χ2n) is 4.12. The average Bonchev–Trinajstić information content (AvgIpc) is 2.39. The maximum Gasteiger partial charge on any atom is 0.182 e. The topological polar surface area (TPSA) is 61.8 Å². The molecule has 0 spiro atoms. The van der Waals surface area contributed by atoms with E-state index in [0.717, 1.165) is 6.07 Å². The number of nitrogens with two attached hydrogens (primary N) is 1. The molecule has 6 heteroatoms. The lowest BCUT2D eigenvalue weighted by Gasteiger charge is -2.10. The minimum absolute atomic E-state index is 0.0847. The van der Waals surface area contributed by atoms with Crippen molar-refractivity contribution in [3.63, 3.8) is 0 Å². The van der Waals surface area contributed by atoms with Crippen molar-refractivity contribution in [1.29, 1.82) is 5.26 Å². The molecular weight excluding hydrogens is 267 g/mol. The van der Waals surface area contributed by atoms with E-state index in [0.29, 0.717) is 23.0 Å². The summed E-state index contributed by atoms with van der Waals surface area (Å²) < 4.78 is 39.7. The number of hydrogen-bond donors (Lipinski definition) is 2. The molecule has 2 aromatic rings. The van der Waals surface area contributed by atoms with Gasteiger partial charge < -0.3 is 11.1 Å². The number of halogens is 3. The molecule has 3 nitrogen and oxygen atoms in total. The van der Waals surface area contributed by atoms with Gasteiger partial charge in [-0.3, -0.25) is 0 Å². The number of nitrogens with one attached hydrogen (secondary N) is 1. The largest absolute Gasteiger partial charge is 0.398 e. The van der Waals surface area contributed by atoms with E-state index in [-0.39, 0.29) is 12.1 Å². The van der Waals surface area contributed by atoms with Crippen LogP contribution in [-0.4, -0.2) is 0 Å². The molecule has 0 fully saturated rings. The third-order valence-electron chi connectivity index (χ3n) is 2.68. The van der Waals surface area contributed by atoms with Crippen LogP contribution >= 0.6 is 0 Å². The number of anilines is 3. The lowest BCUT2D eigenvalue weighted by Crippen LogP contribution is -2.00. The highest BCUT2D eigenvalue weighted by molar-refractivity contribution is 5.65. The van der Waals surface area contributed by atoms with Gasteiger partial charge in [0.25, 0.3) is 0 Å². The maximum absolute atomic E-state index is 13.5. The van der Waals surface area contributed by atoms with Gasteiger partial charge in [0.15, 0.2) is 11.6 Å². The van der Waals surface area contributed by atoms with Crippen LogP contribution in [0.2, 0.25) is 0 Å². The van der Waals surface area contributed by atoms with Crippen LogP contribution in [0.1, 0.15) is 5.56 Å². The molecule has 0 bridgehead atoms. The highest BCUT2D eigenvalue weighted by atomic mass is 19.2. The van der Waals surface area contributed by atoms with Crippen LogP contribution < -0.4 is 11.1 Å². The lowest BCUT2D eigenvalue weighted by atomic mass is 10.1. The first kappa shape index (κ1) is 13.7. The highest BCUT2D eigenvalue weighted by Gasteiger charge is 2.11. The Morgan fingerprint density at radius 2 is 1.90 bits per heavy atom. The van der Waals surface area contributed by atoms with Gasteiger partial charge >= 0.3 is 0 Å². The van der Waals surface area contributed by atoms with E-state index in [1.807, 2.05) is 6.07 Å². The summed E-state index contributed by atoms with van der Waals surface area (Å²) in [4.78, 5) is 0. The fourth-order valence-electron chi connectivity index (χ4n) is 1.72. The summed E-state index contributed by atoms with van der Waals surface area (Å²) in [7, 11) is 0. The molecule has 20 heavy (non-hydrogen) atoms. The Morgan fingerprint density at radius 3 is 2.60 bits per heavy atom. The number of nitrogen functional groups attached to an aromatic ring is 1. The van der Waals surface area contributed by atoms with Crippen LogP contribution in [0.25, 0.3) is 0 Å². The Kier molecular flexibility index (Phi) is 3.80. The number of benzene rings is 2. The Bertz CT molecular complexity index is 693. The van der Waals surface area contributed by atoms with Crippen LogP contribution in [0.3, 0.4) is 0 Å². The van der Waals surface area contributed by atoms with Crippen LogP contribution in [0.5, 0.6) is 0 Å². The zero-order valence-electron chi connectivity index (χ0n) is 10.3. The Labute approximate surface area is 113 Å². The van der Waals surface area contributed by atoms with Gasteiger partial charge in [-0.2, -0.15) is 5.26 Å². The number of hydrogen-bond acceptors (Lipinski definition) is 3. The van der Waals surface area contributed by atoms with Gasteiger partial charge in [-0.25, -0.2) is 13.2 Å². The summed E-state index contributed by atoms with van der Waals surface area (Å²) in [6, 6.07) is 7.84. The minimum atomic E-state index is -1.28. The Balaban J connectivity index is 2.36. The van der Waals surface area contributed by atoms with E-state index in [9.17, 15) is 13.2 Å². The van der Waals surface area contributed by atoms with Crippen LogP contribution in [0, 0.1) is 28.8 Å². The molecule has 0 radical (unpaired) electrons. The van der Waals surface area contributed by atoms with Crippen molar-refractivity contribution in [3.8, 4) is 6.07 Å². The van der Waals surface area contributed by atoms with Crippen molar-refractivity contribution < 1.29 is 13.2 Å². The molecule has 0 aliphatic carbocycles. The molecule has 102 valence electrons. The zero-order chi connectivity index (χ0) is 14.7. The molecule has 2 rings (SSSR count). The van der Waals surface area contributed by atoms with Crippen molar-refractivity contribution in [3.05, 3.63) is 53.3 Å². The predicted octanol–water partition coefficient (Wildman–Crippen LogP) is 3.50. The van der Waals surface area contributed by atoms with Crippen molar-refractivity contribution in [2.45, 2.75) is 6.42 Å². The van der Waals surface area contributed by atoms with Crippen LogP contribution in [0.15, 0.2) is 30.3 Å².